The second-order valence-electron chi connectivity index (χ2n) is 3.60. The average molecular weight is 209 g/mol. The number of anilines is 1. The summed E-state index contributed by atoms with van der Waals surface area (Å²) in [7, 11) is 0. The lowest BCUT2D eigenvalue weighted by Gasteiger charge is -2.04. The number of rotatable bonds is 0. The Kier molecular flexibility index (Phi) is 1.47. The third-order valence-corrected chi connectivity index (χ3v) is 2.71. The predicted octanol–water partition coefficient (Wildman–Crippen LogP) is 1.43. The van der Waals surface area contributed by atoms with Gasteiger partial charge in [0, 0.05) is 16.8 Å². The van der Waals surface area contributed by atoms with Crippen LogP contribution in [0.15, 0.2) is 18.0 Å². The zero-order valence-electron chi connectivity index (χ0n) is 8.20. The van der Waals surface area contributed by atoms with Crippen molar-refractivity contribution >= 4 is 28.5 Å². The van der Waals surface area contributed by atoms with E-state index in [4.69, 9.17) is 16.4 Å². The van der Waals surface area contributed by atoms with E-state index in [2.05, 4.69) is 9.97 Å². The van der Waals surface area contributed by atoms with Crippen molar-refractivity contribution in [1.29, 1.82) is 10.7 Å². The number of aromatic amines is 1. The Morgan fingerprint density at radius 3 is 3.06 bits per heavy atom. The third kappa shape index (κ3) is 0.880. The van der Waals surface area contributed by atoms with E-state index >= 15 is 0 Å². The molecule has 4 N–H and O–H groups in total. The molecule has 1 aliphatic carbocycles. The number of benzene rings is 1. The van der Waals surface area contributed by atoms with Gasteiger partial charge in [0.2, 0.25) is 0 Å². The number of nitrogen functional groups attached to an aromatic ring is 1. The minimum absolute atomic E-state index is 0.180. The average Bonchev–Trinajstić information content (AvgIpc) is 2.82. The number of imidazole rings is 1. The lowest BCUT2D eigenvalue weighted by molar-refractivity contribution is 1.34. The van der Waals surface area contributed by atoms with Gasteiger partial charge in [0.1, 0.15) is 6.07 Å². The van der Waals surface area contributed by atoms with Crippen molar-refractivity contribution in [2.45, 2.75) is 0 Å². The predicted molar refractivity (Wildman–Crippen MR) is 60.9 cm³/mol. The molecule has 3 rings (SSSR count). The number of nitrogens with one attached hydrogen (secondary N) is 2. The number of nitrogens with two attached hydrogens (primary N) is 1. The van der Waals surface area contributed by atoms with Gasteiger partial charge in [0.05, 0.1) is 28.6 Å². The Bertz CT molecular complexity index is 699. The van der Waals surface area contributed by atoms with E-state index in [0.29, 0.717) is 16.8 Å². The molecule has 1 aromatic carbocycles. The van der Waals surface area contributed by atoms with Crippen LogP contribution < -0.4 is 5.73 Å². The Morgan fingerprint density at radius 2 is 2.31 bits per heavy atom. The first-order valence-corrected chi connectivity index (χ1v) is 4.69. The molecule has 0 saturated heterocycles. The van der Waals surface area contributed by atoms with Crippen molar-refractivity contribution in [3.05, 3.63) is 29.1 Å². The number of nitrogens with zero attached hydrogens (tertiary/aromatic N) is 2. The molecule has 2 aromatic rings. The molecule has 0 fully saturated rings. The van der Waals surface area contributed by atoms with Gasteiger partial charge < -0.3 is 10.7 Å². The van der Waals surface area contributed by atoms with Gasteiger partial charge in [-0.1, -0.05) is 0 Å². The van der Waals surface area contributed by atoms with Crippen molar-refractivity contribution < 1.29 is 0 Å². The maximum atomic E-state index is 8.89. The number of nitriles is 1. The van der Waals surface area contributed by atoms with E-state index in [-0.39, 0.29) is 5.71 Å². The molecule has 0 aliphatic heterocycles. The first-order chi connectivity index (χ1) is 7.72. The molecule has 1 aromatic heterocycles. The fraction of sp³-hybridized carbons (Fsp3) is 0. The number of aromatic nitrogens is 2. The van der Waals surface area contributed by atoms with Crippen molar-refractivity contribution in [3.63, 3.8) is 0 Å². The molecule has 76 valence electrons. The number of allylic oxidation sites excluding steroid dienone is 1. The maximum Gasteiger partial charge on any atom is 0.101 e. The summed E-state index contributed by atoms with van der Waals surface area (Å²) >= 11 is 0. The van der Waals surface area contributed by atoms with Crippen molar-refractivity contribution in [2.75, 3.05) is 5.73 Å². The Balaban J connectivity index is 2.48. The zero-order chi connectivity index (χ0) is 11.3. The first-order valence-electron chi connectivity index (χ1n) is 4.69. The topological polar surface area (TPSA) is 102 Å². The molecule has 0 unspecified atom stereocenters. The lowest BCUT2D eigenvalue weighted by Crippen LogP contribution is -2.02. The van der Waals surface area contributed by atoms with Crippen LogP contribution in [-0.2, 0) is 0 Å². The number of hydrogen-bond acceptors (Lipinski definition) is 4. The van der Waals surface area contributed by atoms with Gasteiger partial charge in [-0.15, -0.1) is 0 Å². The van der Waals surface area contributed by atoms with Crippen LogP contribution in [0, 0.1) is 16.7 Å². The number of fused-ring (bicyclic) bond motifs is 3. The van der Waals surface area contributed by atoms with Crippen LogP contribution in [0.3, 0.4) is 0 Å². The first kappa shape index (κ1) is 8.68. The second-order valence-corrected chi connectivity index (χ2v) is 3.60. The smallest absolute Gasteiger partial charge is 0.101 e. The Labute approximate surface area is 90.7 Å². The summed E-state index contributed by atoms with van der Waals surface area (Å²) in [4.78, 5) is 7.14. The fourth-order valence-corrected chi connectivity index (χ4v) is 1.99. The molecule has 0 bridgehead atoms. The van der Waals surface area contributed by atoms with E-state index in [1.54, 1.807) is 18.5 Å². The van der Waals surface area contributed by atoms with Crippen LogP contribution in [0.4, 0.5) is 5.69 Å². The normalized spacial score (nSPS) is 13.7. The van der Waals surface area contributed by atoms with Crippen LogP contribution in [-0.4, -0.2) is 15.7 Å². The van der Waals surface area contributed by atoms with Gasteiger partial charge in [-0.25, -0.2) is 4.98 Å². The van der Waals surface area contributed by atoms with Crippen molar-refractivity contribution in [3.8, 4) is 6.07 Å². The SMILES string of the molecule is N#CC1=Cc2c(c(N)cc3[nH]cnc23)C1=N. The summed E-state index contributed by atoms with van der Waals surface area (Å²) in [5, 5.41) is 16.7. The molecule has 5 heteroatoms. The van der Waals surface area contributed by atoms with Crippen molar-refractivity contribution in [2.24, 2.45) is 0 Å². The highest BCUT2D eigenvalue weighted by molar-refractivity contribution is 6.26. The Hall–Kier alpha value is -2.61. The largest absolute Gasteiger partial charge is 0.398 e. The fourth-order valence-electron chi connectivity index (χ4n) is 1.99. The monoisotopic (exact) mass is 209 g/mol. The highest BCUT2D eigenvalue weighted by atomic mass is 14.9. The van der Waals surface area contributed by atoms with Crippen LogP contribution in [0.2, 0.25) is 0 Å². The third-order valence-electron chi connectivity index (χ3n) is 2.71. The maximum absolute atomic E-state index is 8.89. The summed E-state index contributed by atoms with van der Waals surface area (Å²) in [5.41, 5.74) is 9.82. The van der Waals surface area contributed by atoms with E-state index in [1.165, 1.54) is 0 Å². The molecule has 16 heavy (non-hydrogen) atoms. The number of H-pyrrole nitrogens is 1. The quantitative estimate of drug-likeness (QED) is 0.572. The summed E-state index contributed by atoms with van der Waals surface area (Å²) in [6.45, 7) is 0. The number of hydrogen-bond donors (Lipinski definition) is 3. The van der Waals surface area contributed by atoms with Crippen LogP contribution in [0.25, 0.3) is 17.1 Å². The second kappa shape index (κ2) is 2.70. The molecule has 1 aliphatic rings. The van der Waals surface area contributed by atoms with E-state index in [9.17, 15) is 0 Å². The molecule has 0 spiro atoms. The van der Waals surface area contributed by atoms with Gasteiger partial charge >= 0.3 is 0 Å². The van der Waals surface area contributed by atoms with Crippen LogP contribution >= 0.6 is 0 Å². The zero-order valence-corrected chi connectivity index (χ0v) is 8.20. The Morgan fingerprint density at radius 1 is 1.50 bits per heavy atom. The molecule has 0 radical (unpaired) electrons. The molecule has 1 heterocycles. The summed E-state index contributed by atoms with van der Waals surface area (Å²) in [6.07, 6.45) is 3.24. The van der Waals surface area contributed by atoms with E-state index in [1.807, 2.05) is 6.07 Å². The summed E-state index contributed by atoms with van der Waals surface area (Å²) < 4.78 is 0. The lowest BCUT2D eigenvalue weighted by atomic mass is 10.0. The van der Waals surface area contributed by atoms with Crippen molar-refractivity contribution in [1.82, 2.24) is 9.97 Å². The highest BCUT2D eigenvalue weighted by Gasteiger charge is 2.24. The molecule has 5 nitrogen and oxygen atoms in total. The minimum Gasteiger partial charge on any atom is -0.398 e. The minimum atomic E-state index is 0.180. The van der Waals surface area contributed by atoms with Gasteiger partial charge in [-0.3, -0.25) is 5.41 Å². The van der Waals surface area contributed by atoms with Gasteiger partial charge in [0.15, 0.2) is 0 Å². The molecular weight excluding hydrogens is 202 g/mol. The summed E-state index contributed by atoms with van der Waals surface area (Å²) in [6, 6.07) is 3.73. The van der Waals surface area contributed by atoms with E-state index in [0.717, 1.165) is 16.6 Å². The van der Waals surface area contributed by atoms with Crippen LogP contribution in [0.1, 0.15) is 11.1 Å². The molecule has 0 amide bonds. The molecule has 0 saturated carbocycles. The van der Waals surface area contributed by atoms with E-state index < -0.39 is 0 Å². The molecular formula is C11H7N5. The standard InChI is InChI=1S/C11H7N5/c12-3-5-1-6-9(10(5)14)7(13)2-8-11(6)16-4-15-8/h1-2,4,14H,13H2,(H,15,16). The van der Waals surface area contributed by atoms with Gasteiger partial charge in [-0.05, 0) is 12.1 Å². The van der Waals surface area contributed by atoms with Crippen LogP contribution in [0.5, 0.6) is 0 Å². The molecule has 0 atom stereocenters. The summed E-state index contributed by atoms with van der Waals surface area (Å²) in [5.74, 6) is 0. The van der Waals surface area contributed by atoms with Gasteiger partial charge in [0.25, 0.3) is 0 Å². The highest BCUT2D eigenvalue weighted by Crippen LogP contribution is 2.34. The van der Waals surface area contributed by atoms with Gasteiger partial charge in [-0.2, -0.15) is 5.26 Å².